The van der Waals surface area contributed by atoms with E-state index in [-0.39, 0.29) is 0 Å². The first-order chi connectivity index (χ1) is 12.0. The predicted molar refractivity (Wildman–Crippen MR) is 95.0 cm³/mol. The first-order valence-corrected chi connectivity index (χ1v) is 8.08. The quantitative estimate of drug-likeness (QED) is 0.543. The molecule has 0 aromatic heterocycles. The third-order valence-electron chi connectivity index (χ3n) is 4.02. The van der Waals surface area contributed by atoms with Crippen LogP contribution in [0.2, 0.25) is 0 Å². The van der Waals surface area contributed by atoms with Crippen molar-refractivity contribution in [2.45, 2.75) is 12.6 Å². The van der Waals surface area contributed by atoms with Gasteiger partial charge in [0, 0.05) is 17.9 Å². The van der Waals surface area contributed by atoms with Gasteiger partial charge in [0.25, 0.3) is 0 Å². The van der Waals surface area contributed by atoms with Gasteiger partial charge in [-0.2, -0.15) is 13.2 Å². The lowest BCUT2D eigenvalue weighted by Crippen LogP contribution is -2.20. The van der Waals surface area contributed by atoms with Crippen molar-refractivity contribution < 1.29 is 13.2 Å². The van der Waals surface area contributed by atoms with Crippen LogP contribution in [0.1, 0.15) is 11.1 Å². The Labute approximate surface area is 145 Å². The van der Waals surface area contributed by atoms with E-state index < -0.39 is 11.7 Å². The van der Waals surface area contributed by atoms with E-state index >= 15 is 0 Å². The molecular formula is C21H18F3N. The summed E-state index contributed by atoms with van der Waals surface area (Å²) < 4.78 is 39.2. The molecule has 4 heteroatoms. The van der Waals surface area contributed by atoms with Crippen LogP contribution in [-0.4, -0.2) is 6.54 Å². The Balaban J connectivity index is 1.92. The lowest BCUT2D eigenvalue weighted by atomic mass is 10.1. The lowest BCUT2D eigenvalue weighted by Gasteiger charge is -2.26. The molecule has 0 N–H and O–H groups in total. The third kappa shape index (κ3) is 4.41. The topological polar surface area (TPSA) is 3.24 Å². The molecule has 0 saturated heterocycles. The number of benzene rings is 3. The van der Waals surface area contributed by atoms with E-state index in [0.29, 0.717) is 12.2 Å². The molecule has 0 aliphatic rings. The molecule has 1 nitrogen and oxygen atoms in total. The fourth-order valence-corrected chi connectivity index (χ4v) is 2.75. The summed E-state index contributed by atoms with van der Waals surface area (Å²) in [4.78, 5) is 1.92. The average molecular weight is 341 g/mol. The highest BCUT2D eigenvalue weighted by atomic mass is 19.4. The minimum absolute atomic E-state index is 0.539. The van der Waals surface area contributed by atoms with Crippen molar-refractivity contribution in [3.8, 4) is 0 Å². The summed E-state index contributed by atoms with van der Waals surface area (Å²) >= 11 is 0. The SMILES string of the molecule is FC(F)(F)c1cccc(N(CCc2ccccc2)c2ccccc2)c1. The molecule has 3 aromatic rings. The summed E-state index contributed by atoms with van der Waals surface area (Å²) in [7, 11) is 0. The fourth-order valence-electron chi connectivity index (χ4n) is 2.75. The van der Waals surface area contributed by atoms with E-state index in [1.165, 1.54) is 12.1 Å². The van der Waals surface area contributed by atoms with E-state index in [0.717, 1.165) is 23.7 Å². The first kappa shape index (κ1) is 17.1. The van der Waals surface area contributed by atoms with Gasteiger partial charge >= 0.3 is 6.18 Å². The predicted octanol–water partition coefficient (Wildman–Crippen LogP) is 6.09. The third-order valence-corrected chi connectivity index (χ3v) is 4.02. The van der Waals surface area contributed by atoms with Crippen LogP contribution in [0.15, 0.2) is 84.9 Å². The number of halogens is 3. The van der Waals surface area contributed by atoms with Gasteiger partial charge in [0.05, 0.1) is 5.56 Å². The Bertz CT molecular complexity index is 798. The zero-order valence-corrected chi connectivity index (χ0v) is 13.6. The highest BCUT2D eigenvalue weighted by Gasteiger charge is 2.30. The molecule has 0 aliphatic carbocycles. The molecule has 0 unspecified atom stereocenters. The summed E-state index contributed by atoms with van der Waals surface area (Å²) in [6.07, 6.45) is -3.61. The van der Waals surface area contributed by atoms with Crippen molar-refractivity contribution in [2.75, 3.05) is 11.4 Å². The summed E-state index contributed by atoms with van der Waals surface area (Å²) in [6, 6.07) is 24.9. The van der Waals surface area contributed by atoms with Crippen LogP contribution in [0.25, 0.3) is 0 Å². The van der Waals surface area contributed by atoms with E-state index in [9.17, 15) is 13.2 Å². The van der Waals surface area contributed by atoms with Crippen molar-refractivity contribution in [3.63, 3.8) is 0 Å². The number of hydrogen-bond acceptors (Lipinski definition) is 1. The van der Waals surface area contributed by atoms with Crippen molar-refractivity contribution in [1.82, 2.24) is 0 Å². The van der Waals surface area contributed by atoms with Crippen molar-refractivity contribution in [3.05, 3.63) is 96.1 Å². The molecule has 0 radical (unpaired) electrons. The number of alkyl halides is 3. The molecule has 0 heterocycles. The normalized spacial score (nSPS) is 11.3. The molecule has 3 aromatic carbocycles. The molecule has 0 spiro atoms. The Morgan fingerprint density at radius 2 is 1.28 bits per heavy atom. The molecule has 0 atom stereocenters. The van der Waals surface area contributed by atoms with Gasteiger partial charge in [-0.3, -0.25) is 0 Å². The lowest BCUT2D eigenvalue weighted by molar-refractivity contribution is -0.137. The smallest absolute Gasteiger partial charge is 0.341 e. The second-order valence-corrected chi connectivity index (χ2v) is 5.77. The zero-order chi connectivity index (χ0) is 17.7. The average Bonchev–Trinajstić information content (AvgIpc) is 2.63. The Morgan fingerprint density at radius 1 is 0.680 bits per heavy atom. The molecular weight excluding hydrogens is 323 g/mol. The van der Waals surface area contributed by atoms with E-state index in [4.69, 9.17) is 0 Å². The van der Waals surface area contributed by atoms with Crippen LogP contribution < -0.4 is 4.90 Å². The first-order valence-electron chi connectivity index (χ1n) is 8.08. The molecule has 0 bridgehead atoms. The highest BCUT2D eigenvalue weighted by Crippen LogP contribution is 2.33. The van der Waals surface area contributed by atoms with Gasteiger partial charge in [-0.1, -0.05) is 54.6 Å². The maximum Gasteiger partial charge on any atom is 0.416 e. The second kappa shape index (κ2) is 7.43. The van der Waals surface area contributed by atoms with Crippen molar-refractivity contribution in [2.24, 2.45) is 0 Å². The summed E-state index contributed by atoms with van der Waals surface area (Å²) in [5, 5.41) is 0. The maximum absolute atomic E-state index is 13.1. The highest BCUT2D eigenvalue weighted by molar-refractivity contribution is 5.64. The standard InChI is InChI=1S/C21H18F3N/c22-21(23,24)18-10-7-13-20(16-18)25(19-11-5-2-6-12-19)15-14-17-8-3-1-4-9-17/h1-13,16H,14-15H2. The van der Waals surface area contributed by atoms with Crippen LogP contribution in [0, 0.1) is 0 Å². The van der Waals surface area contributed by atoms with Crippen LogP contribution >= 0.6 is 0 Å². The molecule has 0 aliphatic heterocycles. The van der Waals surface area contributed by atoms with Crippen LogP contribution in [-0.2, 0) is 12.6 Å². The van der Waals surface area contributed by atoms with Crippen LogP contribution in [0.4, 0.5) is 24.5 Å². The van der Waals surface area contributed by atoms with E-state index in [1.54, 1.807) is 6.07 Å². The van der Waals surface area contributed by atoms with E-state index in [2.05, 4.69) is 0 Å². The molecule has 128 valence electrons. The van der Waals surface area contributed by atoms with Gasteiger partial charge in [-0.05, 0) is 42.3 Å². The summed E-state index contributed by atoms with van der Waals surface area (Å²) in [5.41, 5.74) is 1.93. The fraction of sp³-hybridized carbons (Fsp3) is 0.143. The maximum atomic E-state index is 13.1. The molecule has 0 saturated carbocycles. The monoisotopic (exact) mass is 341 g/mol. The summed E-state index contributed by atoms with van der Waals surface area (Å²) in [5.74, 6) is 0. The molecule has 0 amide bonds. The van der Waals surface area contributed by atoms with Crippen LogP contribution in [0.3, 0.4) is 0 Å². The minimum Gasteiger partial charge on any atom is -0.341 e. The van der Waals surface area contributed by atoms with Crippen molar-refractivity contribution >= 4 is 11.4 Å². The van der Waals surface area contributed by atoms with Gasteiger partial charge in [0.1, 0.15) is 0 Å². The van der Waals surface area contributed by atoms with Gasteiger partial charge in [-0.25, -0.2) is 0 Å². The number of para-hydroxylation sites is 1. The van der Waals surface area contributed by atoms with Crippen LogP contribution in [0.5, 0.6) is 0 Å². The summed E-state index contributed by atoms with van der Waals surface area (Å²) in [6.45, 7) is 0.593. The van der Waals surface area contributed by atoms with Gasteiger partial charge in [-0.15, -0.1) is 0 Å². The Hall–Kier alpha value is -2.75. The number of nitrogens with zero attached hydrogens (tertiary/aromatic N) is 1. The second-order valence-electron chi connectivity index (χ2n) is 5.77. The largest absolute Gasteiger partial charge is 0.416 e. The van der Waals surface area contributed by atoms with Gasteiger partial charge in [0.15, 0.2) is 0 Å². The number of anilines is 2. The van der Waals surface area contributed by atoms with E-state index in [1.807, 2.05) is 65.6 Å². The number of rotatable bonds is 5. The molecule has 0 fully saturated rings. The van der Waals surface area contributed by atoms with Gasteiger partial charge < -0.3 is 4.90 Å². The Morgan fingerprint density at radius 3 is 1.92 bits per heavy atom. The van der Waals surface area contributed by atoms with Gasteiger partial charge in [0.2, 0.25) is 0 Å². The number of hydrogen-bond donors (Lipinski definition) is 0. The van der Waals surface area contributed by atoms with Crippen molar-refractivity contribution in [1.29, 1.82) is 0 Å². The molecule has 25 heavy (non-hydrogen) atoms. The molecule has 3 rings (SSSR count). The Kier molecular flexibility index (Phi) is 5.08. The minimum atomic E-state index is -4.35. The zero-order valence-electron chi connectivity index (χ0n) is 13.6.